The lowest BCUT2D eigenvalue weighted by molar-refractivity contribution is -0.145. The summed E-state index contributed by atoms with van der Waals surface area (Å²) >= 11 is 2.63. The second kappa shape index (κ2) is 7.86. The predicted octanol–water partition coefficient (Wildman–Crippen LogP) is 4.65. The fourth-order valence-corrected chi connectivity index (χ4v) is 4.61. The Balaban J connectivity index is 1.97. The van der Waals surface area contributed by atoms with Gasteiger partial charge in [0.05, 0.1) is 12.0 Å². The lowest BCUT2D eigenvalue weighted by atomic mass is 10.0. The van der Waals surface area contributed by atoms with E-state index in [1.165, 1.54) is 28.7 Å². The molecule has 0 fully saturated rings. The summed E-state index contributed by atoms with van der Waals surface area (Å²) < 4.78 is 4.26. The Labute approximate surface area is 166 Å². The Kier molecular flexibility index (Phi) is 5.72. The summed E-state index contributed by atoms with van der Waals surface area (Å²) in [7, 11) is 0. The molecule has 0 amide bonds. The monoisotopic (exact) mass is 402 g/mol. The van der Waals surface area contributed by atoms with Crippen LogP contribution in [0, 0.1) is 0 Å². The number of H-pyrrole nitrogens is 1. The van der Waals surface area contributed by atoms with Crippen LogP contribution in [0.25, 0.3) is 21.3 Å². The Bertz CT molecular complexity index is 1020. The molecule has 3 rings (SSSR count). The number of aromatic nitrogens is 2. The van der Waals surface area contributed by atoms with Gasteiger partial charge in [0.2, 0.25) is 0 Å². The molecule has 0 spiro atoms. The highest BCUT2D eigenvalue weighted by molar-refractivity contribution is 8.01. The summed E-state index contributed by atoms with van der Waals surface area (Å²) in [6.07, 6.45) is 0.976. The molecule has 0 aliphatic rings. The molecule has 0 atom stereocenters. The minimum Gasteiger partial charge on any atom is -0.465 e. The van der Waals surface area contributed by atoms with Crippen LogP contribution in [-0.2, 0) is 16.0 Å². The van der Waals surface area contributed by atoms with Crippen LogP contribution in [0.3, 0.4) is 0 Å². The van der Waals surface area contributed by atoms with Gasteiger partial charge in [-0.05, 0) is 38.3 Å². The summed E-state index contributed by atoms with van der Waals surface area (Å²) in [5.41, 5.74) is 2.94. The van der Waals surface area contributed by atoms with Crippen LogP contribution in [0.15, 0.2) is 39.6 Å². The van der Waals surface area contributed by atoms with Crippen LogP contribution in [0.5, 0.6) is 0 Å². The molecule has 7 heteroatoms. The molecule has 2 heterocycles. The van der Waals surface area contributed by atoms with E-state index in [1.807, 2.05) is 17.5 Å². The van der Waals surface area contributed by atoms with Gasteiger partial charge in [0.25, 0.3) is 5.56 Å². The first-order chi connectivity index (χ1) is 12.9. The summed E-state index contributed by atoms with van der Waals surface area (Å²) in [6, 6.07) is 8.22. The van der Waals surface area contributed by atoms with Gasteiger partial charge < -0.3 is 9.72 Å². The smallest absolute Gasteiger partial charge is 0.322 e. The molecule has 27 heavy (non-hydrogen) atoms. The van der Waals surface area contributed by atoms with Crippen molar-refractivity contribution in [2.24, 2.45) is 0 Å². The summed E-state index contributed by atoms with van der Waals surface area (Å²) in [6.45, 7) is 7.71. The van der Waals surface area contributed by atoms with Gasteiger partial charge >= 0.3 is 5.97 Å². The van der Waals surface area contributed by atoms with E-state index < -0.39 is 4.75 Å². The third kappa shape index (κ3) is 4.09. The molecule has 3 aromatic rings. The third-order valence-electron chi connectivity index (χ3n) is 4.21. The first-order valence-electron chi connectivity index (χ1n) is 8.82. The molecule has 0 bridgehead atoms. The summed E-state index contributed by atoms with van der Waals surface area (Å²) in [4.78, 5) is 32.9. The molecule has 1 N–H and O–H groups in total. The number of hydrogen-bond acceptors (Lipinski definition) is 6. The summed E-state index contributed by atoms with van der Waals surface area (Å²) in [5.74, 6) is -0.333. The second-order valence-corrected chi connectivity index (χ2v) is 9.05. The van der Waals surface area contributed by atoms with E-state index in [9.17, 15) is 9.59 Å². The van der Waals surface area contributed by atoms with Crippen LogP contribution in [0.1, 0.15) is 33.3 Å². The number of benzene rings is 1. The average Bonchev–Trinajstić information content (AvgIpc) is 3.06. The Morgan fingerprint density at radius 2 is 1.96 bits per heavy atom. The Morgan fingerprint density at radius 1 is 1.26 bits per heavy atom. The molecule has 2 aromatic heterocycles. The first kappa shape index (κ1) is 19.6. The van der Waals surface area contributed by atoms with E-state index in [1.54, 1.807) is 20.8 Å². The van der Waals surface area contributed by atoms with Crippen molar-refractivity contribution in [3.63, 3.8) is 0 Å². The van der Waals surface area contributed by atoms with Crippen LogP contribution < -0.4 is 5.56 Å². The third-order valence-corrected chi connectivity index (χ3v) is 6.15. The number of nitrogens with one attached hydrogen (secondary N) is 1. The molecule has 0 aliphatic heterocycles. The molecule has 0 saturated carbocycles. The van der Waals surface area contributed by atoms with E-state index in [0.29, 0.717) is 22.0 Å². The Hall–Kier alpha value is -2.12. The van der Waals surface area contributed by atoms with Gasteiger partial charge in [-0.1, -0.05) is 43.0 Å². The highest BCUT2D eigenvalue weighted by Crippen LogP contribution is 2.35. The number of ether oxygens (including phenoxy) is 1. The van der Waals surface area contributed by atoms with Crippen LogP contribution >= 0.6 is 23.1 Å². The van der Waals surface area contributed by atoms with Crippen molar-refractivity contribution in [3.8, 4) is 11.1 Å². The van der Waals surface area contributed by atoms with E-state index in [-0.39, 0.29) is 11.5 Å². The largest absolute Gasteiger partial charge is 0.465 e. The number of carbonyl (C=O) groups excluding carboxylic acids is 1. The number of aryl methyl sites for hydroxylation is 1. The zero-order valence-corrected chi connectivity index (χ0v) is 17.4. The van der Waals surface area contributed by atoms with Gasteiger partial charge in [0.1, 0.15) is 9.58 Å². The van der Waals surface area contributed by atoms with Crippen molar-refractivity contribution in [1.29, 1.82) is 0 Å². The second-order valence-electron chi connectivity index (χ2n) is 6.58. The van der Waals surface area contributed by atoms with Gasteiger partial charge in [-0.15, -0.1) is 11.3 Å². The number of thioether (sulfide) groups is 1. The van der Waals surface area contributed by atoms with E-state index in [4.69, 9.17) is 4.74 Å². The SMILES string of the molecule is CCOC(=O)C(C)(C)Sc1nc2scc(-c3ccc(CC)cc3)c2c(=O)[nH]1. The number of hydrogen-bond donors (Lipinski definition) is 1. The molecule has 0 aliphatic carbocycles. The first-order valence-corrected chi connectivity index (χ1v) is 10.5. The maximum Gasteiger partial charge on any atom is 0.322 e. The highest BCUT2D eigenvalue weighted by Gasteiger charge is 2.32. The topological polar surface area (TPSA) is 72.0 Å². The van der Waals surface area contributed by atoms with E-state index >= 15 is 0 Å². The highest BCUT2D eigenvalue weighted by atomic mass is 32.2. The van der Waals surface area contributed by atoms with Gasteiger partial charge in [0.15, 0.2) is 5.16 Å². The minimum absolute atomic E-state index is 0.196. The van der Waals surface area contributed by atoms with Crippen molar-refractivity contribution in [2.45, 2.75) is 44.0 Å². The fourth-order valence-electron chi connectivity index (χ4n) is 2.70. The van der Waals surface area contributed by atoms with Gasteiger partial charge in [-0.25, -0.2) is 4.98 Å². The lowest BCUT2D eigenvalue weighted by Gasteiger charge is -2.20. The number of thiophene rings is 1. The predicted molar refractivity (Wildman–Crippen MR) is 112 cm³/mol. The standard InChI is InChI=1S/C20H22N2O3S2/c1-5-12-7-9-13(10-8-12)14-11-26-17-15(14)16(23)21-19(22-17)27-20(3,4)18(24)25-6-2/h7-11H,5-6H2,1-4H3,(H,21,22,23). The number of rotatable bonds is 6. The number of aromatic amines is 1. The van der Waals surface area contributed by atoms with Crippen molar-refractivity contribution >= 4 is 39.3 Å². The zero-order valence-electron chi connectivity index (χ0n) is 15.8. The number of esters is 1. The molecule has 0 unspecified atom stereocenters. The molecule has 0 radical (unpaired) electrons. The number of fused-ring (bicyclic) bond motifs is 1. The van der Waals surface area contributed by atoms with E-state index in [0.717, 1.165) is 17.5 Å². The average molecular weight is 403 g/mol. The molecule has 0 saturated heterocycles. The summed E-state index contributed by atoms with van der Waals surface area (Å²) in [5, 5.41) is 2.96. The van der Waals surface area contributed by atoms with Gasteiger partial charge in [-0.3, -0.25) is 9.59 Å². The molecule has 142 valence electrons. The fraction of sp³-hybridized carbons (Fsp3) is 0.350. The van der Waals surface area contributed by atoms with Crippen molar-refractivity contribution in [1.82, 2.24) is 9.97 Å². The van der Waals surface area contributed by atoms with Crippen molar-refractivity contribution in [3.05, 3.63) is 45.6 Å². The van der Waals surface area contributed by atoms with Gasteiger partial charge in [0, 0.05) is 10.9 Å². The minimum atomic E-state index is -0.838. The van der Waals surface area contributed by atoms with E-state index in [2.05, 4.69) is 29.0 Å². The van der Waals surface area contributed by atoms with Crippen molar-refractivity contribution < 1.29 is 9.53 Å². The maximum absolute atomic E-state index is 12.7. The quantitative estimate of drug-likeness (QED) is 0.369. The van der Waals surface area contributed by atoms with Crippen LogP contribution in [-0.4, -0.2) is 27.3 Å². The zero-order chi connectivity index (χ0) is 19.6. The van der Waals surface area contributed by atoms with Crippen LogP contribution in [0.4, 0.5) is 0 Å². The number of nitrogens with zero attached hydrogens (tertiary/aromatic N) is 1. The molecule has 1 aromatic carbocycles. The van der Waals surface area contributed by atoms with Gasteiger partial charge in [-0.2, -0.15) is 0 Å². The Morgan fingerprint density at radius 3 is 2.59 bits per heavy atom. The lowest BCUT2D eigenvalue weighted by Crippen LogP contribution is -2.30. The molecule has 5 nitrogen and oxygen atoms in total. The maximum atomic E-state index is 12.7. The molecular weight excluding hydrogens is 380 g/mol. The van der Waals surface area contributed by atoms with Crippen LogP contribution in [0.2, 0.25) is 0 Å². The molecular formula is C20H22N2O3S2. The normalized spacial score (nSPS) is 11.7. The number of carbonyl (C=O) groups is 1. The van der Waals surface area contributed by atoms with Crippen molar-refractivity contribution in [2.75, 3.05) is 6.61 Å².